The van der Waals surface area contributed by atoms with Crippen LogP contribution in [0.1, 0.15) is 49.5 Å². The van der Waals surface area contributed by atoms with E-state index in [-0.39, 0.29) is 11.2 Å². The zero-order valence-electron chi connectivity index (χ0n) is 19.5. The molecule has 5 nitrogen and oxygen atoms in total. The Morgan fingerprint density at radius 3 is 2.64 bits per heavy atom. The van der Waals surface area contributed by atoms with Gasteiger partial charge in [-0.2, -0.15) is 0 Å². The van der Waals surface area contributed by atoms with Crippen LogP contribution < -0.4 is 0 Å². The first-order valence-electron chi connectivity index (χ1n) is 11.3. The minimum atomic E-state index is -0.164. The summed E-state index contributed by atoms with van der Waals surface area (Å²) >= 11 is 1.63. The van der Waals surface area contributed by atoms with Crippen molar-refractivity contribution in [2.45, 2.75) is 45.3 Å². The molecule has 0 bridgehead atoms. The average Bonchev–Trinajstić information content (AvgIpc) is 3.40. The van der Waals surface area contributed by atoms with Gasteiger partial charge in [-0.25, -0.2) is 4.98 Å². The summed E-state index contributed by atoms with van der Waals surface area (Å²) < 4.78 is 17.1. The Balaban J connectivity index is 1.45. The summed E-state index contributed by atoms with van der Waals surface area (Å²) in [5.41, 5.74) is 3.93. The minimum absolute atomic E-state index is 0.150. The van der Waals surface area contributed by atoms with E-state index in [0.29, 0.717) is 24.8 Å². The standard InChI is InChI=1S/C27H29NO4S/c1-5-30-27(29)19(4)33-16-17(2)21-11-12-25-22(13-21)14-23(32-25)15-24-18(3)31-26(28-24)20-9-7-6-8-10-20/h6-14,17,19H,5,15-16H2,1-4H3. The number of carbonyl (C=O) groups is 1. The van der Waals surface area contributed by atoms with Crippen molar-refractivity contribution in [2.24, 2.45) is 0 Å². The monoisotopic (exact) mass is 463 g/mol. The fourth-order valence-corrected chi connectivity index (χ4v) is 4.66. The van der Waals surface area contributed by atoms with E-state index in [9.17, 15) is 4.79 Å². The SMILES string of the molecule is CCOC(=O)C(C)SCC(C)c1ccc2oc(Cc3nc(-c4ccccc4)oc3C)cc2c1. The molecule has 0 aliphatic heterocycles. The summed E-state index contributed by atoms with van der Waals surface area (Å²) in [7, 11) is 0. The molecule has 0 N–H and O–H groups in total. The van der Waals surface area contributed by atoms with Gasteiger partial charge in [0.1, 0.15) is 17.1 Å². The van der Waals surface area contributed by atoms with Crippen LogP contribution in [0.3, 0.4) is 0 Å². The van der Waals surface area contributed by atoms with Gasteiger partial charge in [-0.05, 0) is 62.6 Å². The summed E-state index contributed by atoms with van der Waals surface area (Å²) in [5, 5.41) is 0.908. The van der Waals surface area contributed by atoms with E-state index in [1.165, 1.54) is 5.56 Å². The second-order valence-electron chi connectivity index (χ2n) is 8.20. The maximum absolute atomic E-state index is 11.9. The van der Waals surface area contributed by atoms with Gasteiger partial charge in [0, 0.05) is 16.7 Å². The molecule has 33 heavy (non-hydrogen) atoms. The number of oxazole rings is 1. The van der Waals surface area contributed by atoms with E-state index in [4.69, 9.17) is 18.6 Å². The molecule has 2 aromatic heterocycles. The Labute approximate surface area is 198 Å². The highest BCUT2D eigenvalue weighted by atomic mass is 32.2. The summed E-state index contributed by atoms with van der Waals surface area (Å²) in [4.78, 5) is 16.6. The van der Waals surface area contributed by atoms with Gasteiger partial charge in [-0.15, -0.1) is 11.8 Å². The number of furan rings is 1. The average molecular weight is 464 g/mol. The highest BCUT2D eigenvalue weighted by Crippen LogP contribution is 2.30. The number of benzene rings is 2. The number of rotatable bonds is 9. The zero-order chi connectivity index (χ0) is 23.4. The molecule has 2 aromatic carbocycles. The summed E-state index contributed by atoms with van der Waals surface area (Å²) in [6, 6.07) is 18.3. The highest BCUT2D eigenvalue weighted by Gasteiger charge is 2.18. The number of thioether (sulfide) groups is 1. The summed E-state index contributed by atoms with van der Waals surface area (Å²) in [5.74, 6) is 3.29. The smallest absolute Gasteiger partial charge is 0.318 e. The van der Waals surface area contributed by atoms with Gasteiger partial charge in [0.05, 0.1) is 24.0 Å². The molecule has 0 fully saturated rings. The third-order valence-electron chi connectivity index (χ3n) is 5.63. The lowest BCUT2D eigenvalue weighted by Crippen LogP contribution is -2.18. The van der Waals surface area contributed by atoms with Crippen LogP contribution >= 0.6 is 11.8 Å². The third kappa shape index (κ3) is 5.50. The van der Waals surface area contributed by atoms with Crippen LogP contribution in [0, 0.1) is 6.92 Å². The predicted molar refractivity (Wildman–Crippen MR) is 133 cm³/mol. The molecular weight excluding hydrogens is 434 g/mol. The Morgan fingerprint density at radius 1 is 1.09 bits per heavy atom. The molecular formula is C27H29NO4S. The van der Waals surface area contributed by atoms with Gasteiger partial charge >= 0.3 is 5.97 Å². The molecule has 2 heterocycles. The second kappa shape index (κ2) is 10.3. The molecule has 2 atom stereocenters. The largest absolute Gasteiger partial charge is 0.465 e. The van der Waals surface area contributed by atoms with Crippen LogP contribution in [0.4, 0.5) is 0 Å². The van der Waals surface area contributed by atoms with E-state index >= 15 is 0 Å². The lowest BCUT2D eigenvalue weighted by molar-refractivity contribution is -0.142. The summed E-state index contributed by atoms with van der Waals surface area (Å²) in [6.45, 7) is 8.26. The molecule has 172 valence electrons. The maximum atomic E-state index is 11.9. The van der Waals surface area contributed by atoms with E-state index < -0.39 is 0 Å². The molecule has 2 unspecified atom stereocenters. The lowest BCUT2D eigenvalue weighted by atomic mass is 10.0. The molecule has 0 amide bonds. The van der Waals surface area contributed by atoms with Crippen molar-refractivity contribution >= 4 is 28.7 Å². The van der Waals surface area contributed by atoms with Crippen molar-refractivity contribution in [2.75, 3.05) is 12.4 Å². The van der Waals surface area contributed by atoms with E-state index in [1.807, 2.05) is 57.2 Å². The molecule has 0 saturated carbocycles. The number of fused-ring (bicyclic) bond motifs is 1. The van der Waals surface area contributed by atoms with Crippen molar-refractivity contribution in [3.63, 3.8) is 0 Å². The molecule has 0 spiro atoms. The van der Waals surface area contributed by atoms with E-state index in [2.05, 4.69) is 25.1 Å². The number of esters is 1. The number of nitrogens with zero attached hydrogens (tertiary/aromatic N) is 1. The van der Waals surface area contributed by atoms with Crippen LogP contribution in [0.25, 0.3) is 22.4 Å². The van der Waals surface area contributed by atoms with Gasteiger partial charge in [0.2, 0.25) is 5.89 Å². The quantitative estimate of drug-likeness (QED) is 0.255. The van der Waals surface area contributed by atoms with Crippen molar-refractivity contribution in [3.8, 4) is 11.5 Å². The van der Waals surface area contributed by atoms with Gasteiger partial charge in [0.15, 0.2) is 0 Å². The first kappa shape index (κ1) is 23.2. The third-order valence-corrected chi connectivity index (χ3v) is 7.02. The molecule has 0 aliphatic carbocycles. The fourth-order valence-electron chi connectivity index (χ4n) is 3.68. The van der Waals surface area contributed by atoms with Gasteiger partial charge < -0.3 is 13.6 Å². The first-order valence-corrected chi connectivity index (χ1v) is 12.3. The Bertz CT molecular complexity index is 1230. The highest BCUT2D eigenvalue weighted by molar-refractivity contribution is 8.00. The molecule has 0 aliphatic rings. The van der Waals surface area contributed by atoms with Crippen molar-refractivity contribution in [1.29, 1.82) is 0 Å². The van der Waals surface area contributed by atoms with Crippen LogP contribution in [-0.2, 0) is 16.0 Å². The number of hydrogen-bond donors (Lipinski definition) is 0. The number of ether oxygens (including phenoxy) is 1. The van der Waals surface area contributed by atoms with Crippen LogP contribution in [0.5, 0.6) is 0 Å². The Hall–Kier alpha value is -2.99. The van der Waals surface area contributed by atoms with Crippen molar-refractivity contribution < 1.29 is 18.4 Å². The first-order chi connectivity index (χ1) is 15.9. The topological polar surface area (TPSA) is 65.5 Å². The van der Waals surface area contributed by atoms with Crippen molar-refractivity contribution in [1.82, 2.24) is 4.98 Å². The van der Waals surface area contributed by atoms with Gasteiger partial charge in [-0.3, -0.25) is 4.79 Å². The number of aryl methyl sites for hydroxylation is 1. The van der Waals surface area contributed by atoms with Crippen LogP contribution in [-0.4, -0.2) is 28.6 Å². The number of carbonyl (C=O) groups excluding carboxylic acids is 1. The molecule has 0 radical (unpaired) electrons. The lowest BCUT2D eigenvalue weighted by Gasteiger charge is -2.15. The maximum Gasteiger partial charge on any atom is 0.318 e. The molecule has 0 saturated heterocycles. The van der Waals surface area contributed by atoms with Gasteiger partial charge in [-0.1, -0.05) is 31.2 Å². The Kier molecular flexibility index (Phi) is 7.23. The summed E-state index contributed by atoms with van der Waals surface area (Å²) in [6.07, 6.45) is 0.578. The zero-order valence-corrected chi connectivity index (χ0v) is 20.3. The Morgan fingerprint density at radius 2 is 1.88 bits per heavy atom. The van der Waals surface area contributed by atoms with Crippen LogP contribution in [0.15, 0.2) is 63.4 Å². The molecule has 6 heteroatoms. The van der Waals surface area contributed by atoms with E-state index in [1.54, 1.807) is 11.8 Å². The predicted octanol–water partition coefficient (Wildman–Crippen LogP) is 6.78. The van der Waals surface area contributed by atoms with Gasteiger partial charge in [0.25, 0.3) is 0 Å². The second-order valence-corrected chi connectivity index (χ2v) is 9.58. The molecule has 4 aromatic rings. The minimum Gasteiger partial charge on any atom is -0.465 e. The number of aromatic nitrogens is 1. The molecule has 4 rings (SSSR count). The normalized spacial score (nSPS) is 13.2. The van der Waals surface area contributed by atoms with E-state index in [0.717, 1.165) is 39.5 Å². The fraction of sp³-hybridized carbons (Fsp3) is 0.333. The van der Waals surface area contributed by atoms with Crippen molar-refractivity contribution in [3.05, 3.63) is 77.4 Å². The number of hydrogen-bond acceptors (Lipinski definition) is 6. The van der Waals surface area contributed by atoms with Crippen LogP contribution in [0.2, 0.25) is 0 Å².